The number of rotatable bonds is 4. The number of carbonyl (C=O) groups is 1. The van der Waals surface area contributed by atoms with Crippen LogP contribution in [0.5, 0.6) is 0 Å². The highest BCUT2D eigenvalue weighted by Crippen LogP contribution is 2.23. The topological polar surface area (TPSA) is 94.6 Å². The Balaban J connectivity index is 1.78. The zero-order valence-electron chi connectivity index (χ0n) is 18.2. The molecule has 170 valence electrons. The zero-order valence-corrected chi connectivity index (χ0v) is 19.8. The lowest BCUT2D eigenvalue weighted by Gasteiger charge is -2.34. The molecule has 1 aliphatic rings. The summed E-state index contributed by atoms with van der Waals surface area (Å²) >= 11 is 3.45. The van der Waals surface area contributed by atoms with Crippen molar-refractivity contribution in [2.24, 2.45) is 14.1 Å². The lowest BCUT2D eigenvalue weighted by molar-refractivity contribution is 0.105. The quantitative estimate of drug-likeness (QED) is 0.534. The standard InChI is InChI=1S/C21H25BrN6O4/c1-4-32-21(31)27-11-9-26(10-12-27)19-23-17-16(18(29)25(3)20(30)24(17)2)28(19)13-14-5-7-15(22)8-6-14/h5-8H,4,9-13H2,1-3H3. The van der Waals surface area contributed by atoms with Gasteiger partial charge in [-0.25, -0.2) is 9.59 Å². The van der Waals surface area contributed by atoms with Crippen LogP contribution >= 0.6 is 15.9 Å². The number of fused-ring (bicyclic) bond motifs is 1. The monoisotopic (exact) mass is 504 g/mol. The van der Waals surface area contributed by atoms with E-state index in [1.54, 1.807) is 18.9 Å². The van der Waals surface area contributed by atoms with Crippen molar-refractivity contribution in [3.05, 3.63) is 55.1 Å². The first-order chi connectivity index (χ1) is 15.3. The number of benzene rings is 1. The van der Waals surface area contributed by atoms with Gasteiger partial charge in [0.05, 0.1) is 13.2 Å². The summed E-state index contributed by atoms with van der Waals surface area (Å²) in [5, 5.41) is 0. The van der Waals surface area contributed by atoms with E-state index in [4.69, 9.17) is 9.72 Å². The highest BCUT2D eigenvalue weighted by Gasteiger charge is 2.27. The largest absolute Gasteiger partial charge is 0.450 e. The van der Waals surface area contributed by atoms with Gasteiger partial charge in [-0.1, -0.05) is 28.1 Å². The maximum atomic E-state index is 13.1. The van der Waals surface area contributed by atoms with Crippen LogP contribution in [0.3, 0.4) is 0 Å². The third kappa shape index (κ3) is 3.92. The molecular weight excluding hydrogens is 480 g/mol. The molecule has 0 saturated carbocycles. The SMILES string of the molecule is CCOC(=O)N1CCN(c2nc3c(c(=O)n(C)c(=O)n3C)n2Cc2ccc(Br)cc2)CC1. The van der Waals surface area contributed by atoms with Gasteiger partial charge in [0.25, 0.3) is 5.56 Å². The zero-order chi connectivity index (χ0) is 23.0. The molecule has 1 amide bonds. The Morgan fingerprint density at radius 3 is 2.34 bits per heavy atom. The Morgan fingerprint density at radius 1 is 1.06 bits per heavy atom. The van der Waals surface area contributed by atoms with Crippen molar-refractivity contribution in [1.29, 1.82) is 0 Å². The minimum Gasteiger partial charge on any atom is -0.450 e. The van der Waals surface area contributed by atoms with Gasteiger partial charge in [0.2, 0.25) is 5.95 Å². The second kappa shape index (κ2) is 8.81. The summed E-state index contributed by atoms with van der Waals surface area (Å²) < 4.78 is 10.4. The lowest BCUT2D eigenvalue weighted by atomic mass is 10.2. The van der Waals surface area contributed by atoms with Crippen molar-refractivity contribution in [1.82, 2.24) is 23.6 Å². The lowest BCUT2D eigenvalue weighted by Crippen LogP contribution is -2.49. The molecule has 0 aliphatic carbocycles. The maximum absolute atomic E-state index is 13.1. The number of aryl methyl sites for hydroxylation is 1. The van der Waals surface area contributed by atoms with Crippen LogP contribution in [0.25, 0.3) is 11.2 Å². The average Bonchev–Trinajstić information content (AvgIpc) is 3.17. The van der Waals surface area contributed by atoms with E-state index in [9.17, 15) is 14.4 Å². The molecule has 4 rings (SSSR count). The van der Waals surface area contributed by atoms with E-state index >= 15 is 0 Å². The van der Waals surface area contributed by atoms with E-state index in [0.717, 1.165) is 14.6 Å². The van der Waals surface area contributed by atoms with Gasteiger partial charge in [-0.3, -0.25) is 18.5 Å². The number of imidazole rings is 1. The summed E-state index contributed by atoms with van der Waals surface area (Å²) in [4.78, 5) is 46.0. The number of ether oxygens (including phenoxy) is 1. The molecular formula is C21H25BrN6O4. The summed E-state index contributed by atoms with van der Waals surface area (Å²) in [7, 11) is 3.09. The summed E-state index contributed by atoms with van der Waals surface area (Å²) in [6.07, 6.45) is -0.327. The molecule has 0 N–H and O–H groups in total. The molecule has 3 aromatic rings. The van der Waals surface area contributed by atoms with E-state index in [1.165, 1.54) is 11.6 Å². The predicted octanol–water partition coefficient (Wildman–Crippen LogP) is 1.52. The number of hydrogen-bond acceptors (Lipinski definition) is 6. The number of carbonyl (C=O) groups excluding carboxylic acids is 1. The molecule has 0 bridgehead atoms. The Labute approximate surface area is 192 Å². The molecule has 2 aromatic heterocycles. The van der Waals surface area contributed by atoms with Crippen molar-refractivity contribution >= 4 is 39.1 Å². The van der Waals surface area contributed by atoms with Crippen LogP contribution in [0.2, 0.25) is 0 Å². The Morgan fingerprint density at radius 2 is 1.72 bits per heavy atom. The van der Waals surface area contributed by atoms with Crippen molar-refractivity contribution in [2.75, 3.05) is 37.7 Å². The molecule has 11 heteroatoms. The third-order valence-electron chi connectivity index (χ3n) is 5.67. The van der Waals surface area contributed by atoms with Crippen LogP contribution in [0, 0.1) is 0 Å². The van der Waals surface area contributed by atoms with Crippen molar-refractivity contribution in [2.45, 2.75) is 13.5 Å². The average molecular weight is 505 g/mol. The van der Waals surface area contributed by atoms with E-state index in [0.29, 0.717) is 56.4 Å². The smallest absolute Gasteiger partial charge is 0.409 e. The Hall–Kier alpha value is -3.08. The number of amides is 1. The second-order valence-corrected chi connectivity index (χ2v) is 8.59. The van der Waals surface area contributed by atoms with Crippen LogP contribution in [-0.2, 0) is 25.4 Å². The Kier molecular flexibility index (Phi) is 6.09. The van der Waals surface area contributed by atoms with Gasteiger partial charge in [-0.15, -0.1) is 0 Å². The Bertz CT molecular complexity index is 1270. The van der Waals surface area contributed by atoms with E-state index < -0.39 is 5.69 Å². The fourth-order valence-corrected chi connectivity index (χ4v) is 4.17. The first-order valence-electron chi connectivity index (χ1n) is 10.4. The molecule has 0 spiro atoms. The predicted molar refractivity (Wildman–Crippen MR) is 124 cm³/mol. The molecule has 0 unspecified atom stereocenters. The second-order valence-electron chi connectivity index (χ2n) is 7.68. The number of halogens is 1. The number of piperazine rings is 1. The van der Waals surface area contributed by atoms with E-state index in [1.807, 2.05) is 33.7 Å². The van der Waals surface area contributed by atoms with Crippen molar-refractivity contribution in [3.8, 4) is 0 Å². The maximum Gasteiger partial charge on any atom is 0.409 e. The van der Waals surface area contributed by atoms with E-state index in [-0.39, 0.29) is 11.7 Å². The number of nitrogens with zero attached hydrogens (tertiary/aromatic N) is 6. The fourth-order valence-electron chi connectivity index (χ4n) is 3.90. The van der Waals surface area contributed by atoms with Crippen molar-refractivity contribution < 1.29 is 9.53 Å². The summed E-state index contributed by atoms with van der Waals surface area (Å²) in [5.41, 5.74) is 0.909. The van der Waals surface area contributed by atoms with Gasteiger partial charge in [0.1, 0.15) is 0 Å². The first kappa shape index (κ1) is 22.1. The molecule has 3 heterocycles. The molecule has 1 aromatic carbocycles. The molecule has 1 aliphatic heterocycles. The van der Waals surface area contributed by atoms with Crippen LogP contribution in [0.15, 0.2) is 38.3 Å². The van der Waals surface area contributed by atoms with Crippen LogP contribution in [0.4, 0.5) is 10.7 Å². The van der Waals surface area contributed by atoms with Gasteiger partial charge >= 0.3 is 11.8 Å². The molecule has 0 atom stereocenters. The normalized spacial score (nSPS) is 14.2. The van der Waals surface area contributed by atoms with E-state index in [2.05, 4.69) is 15.9 Å². The summed E-state index contributed by atoms with van der Waals surface area (Å²) in [6.45, 7) is 4.58. The highest BCUT2D eigenvalue weighted by atomic mass is 79.9. The molecule has 1 fully saturated rings. The minimum absolute atomic E-state index is 0.327. The van der Waals surface area contributed by atoms with Gasteiger partial charge in [-0.2, -0.15) is 4.98 Å². The summed E-state index contributed by atoms with van der Waals surface area (Å²) in [5.74, 6) is 0.602. The van der Waals surface area contributed by atoms with Crippen LogP contribution in [-0.4, -0.2) is 62.5 Å². The fraction of sp³-hybridized carbons (Fsp3) is 0.429. The van der Waals surface area contributed by atoms with Gasteiger partial charge in [0, 0.05) is 44.7 Å². The van der Waals surface area contributed by atoms with Gasteiger partial charge in [-0.05, 0) is 24.6 Å². The molecule has 32 heavy (non-hydrogen) atoms. The molecule has 0 radical (unpaired) electrons. The number of aromatic nitrogens is 4. The molecule has 1 saturated heterocycles. The van der Waals surface area contributed by atoms with Crippen LogP contribution < -0.4 is 16.1 Å². The number of anilines is 1. The van der Waals surface area contributed by atoms with Crippen LogP contribution in [0.1, 0.15) is 12.5 Å². The minimum atomic E-state index is -0.422. The first-order valence-corrected chi connectivity index (χ1v) is 11.2. The third-order valence-corrected chi connectivity index (χ3v) is 6.20. The number of hydrogen-bond donors (Lipinski definition) is 0. The highest BCUT2D eigenvalue weighted by molar-refractivity contribution is 9.10. The van der Waals surface area contributed by atoms with Gasteiger partial charge < -0.3 is 14.5 Å². The summed E-state index contributed by atoms with van der Waals surface area (Å²) in [6, 6.07) is 7.84. The molecule has 10 nitrogen and oxygen atoms in total. The van der Waals surface area contributed by atoms with Crippen molar-refractivity contribution in [3.63, 3.8) is 0 Å². The van der Waals surface area contributed by atoms with Gasteiger partial charge in [0.15, 0.2) is 11.2 Å².